The SMILES string of the molecule is Cc1ccc(Cc2c(C)nc(C)nc2N2CCCN(C(=O)CC(C)CC(C)(C)C)CC2)cc1. The molecule has 33 heavy (non-hydrogen) atoms. The van der Waals surface area contributed by atoms with E-state index in [-0.39, 0.29) is 5.41 Å². The Labute approximate surface area is 200 Å². The van der Waals surface area contributed by atoms with Crippen LogP contribution in [0.3, 0.4) is 0 Å². The maximum Gasteiger partial charge on any atom is 0.222 e. The number of hydrogen-bond donors (Lipinski definition) is 0. The molecule has 3 rings (SSSR count). The molecule has 1 unspecified atom stereocenters. The molecule has 1 saturated heterocycles. The number of benzene rings is 1. The van der Waals surface area contributed by atoms with Gasteiger partial charge in [-0.25, -0.2) is 9.97 Å². The van der Waals surface area contributed by atoms with Crippen LogP contribution in [-0.4, -0.2) is 47.0 Å². The summed E-state index contributed by atoms with van der Waals surface area (Å²) >= 11 is 0. The summed E-state index contributed by atoms with van der Waals surface area (Å²) < 4.78 is 0. The van der Waals surface area contributed by atoms with Crippen LogP contribution in [0.25, 0.3) is 0 Å². The minimum Gasteiger partial charge on any atom is -0.354 e. The van der Waals surface area contributed by atoms with Crippen LogP contribution in [-0.2, 0) is 11.2 Å². The van der Waals surface area contributed by atoms with Crippen molar-refractivity contribution in [3.63, 3.8) is 0 Å². The Morgan fingerprint density at radius 1 is 1.00 bits per heavy atom. The van der Waals surface area contributed by atoms with E-state index in [4.69, 9.17) is 4.98 Å². The van der Waals surface area contributed by atoms with Crippen molar-refractivity contribution in [3.05, 3.63) is 52.5 Å². The molecular formula is C28H42N4O. The molecule has 5 nitrogen and oxygen atoms in total. The summed E-state index contributed by atoms with van der Waals surface area (Å²) in [5, 5.41) is 0. The maximum atomic E-state index is 13.0. The van der Waals surface area contributed by atoms with Crippen molar-refractivity contribution < 1.29 is 4.79 Å². The Hall–Kier alpha value is -2.43. The first-order chi connectivity index (χ1) is 15.5. The molecule has 1 atom stereocenters. The molecule has 2 heterocycles. The van der Waals surface area contributed by atoms with E-state index in [9.17, 15) is 4.79 Å². The quantitative estimate of drug-likeness (QED) is 0.584. The highest BCUT2D eigenvalue weighted by molar-refractivity contribution is 5.76. The molecule has 1 amide bonds. The van der Waals surface area contributed by atoms with E-state index in [2.05, 4.69) is 80.6 Å². The van der Waals surface area contributed by atoms with Crippen LogP contribution in [0.15, 0.2) is 24.3 Å². The predicted octanol–water partition coefficient (Wildman–Crippen LogP) is 5.49. The molecule has 1 fully saturated rings. The van der Waals surface area contributed by atoms with Crippen LogP contribution < -0.4 is 4.90 Å². The Bertz CT molecular complexity index is 946. The number of carbonyl (C=O) groups is 1. The zero-order chi connectivity index (χ0) is 24.2. The monoisotopic (exact) mass is 450 g/mol. The molecule has 0 bridgehead atoms. The van der Waals surface area contributed by atoms with Gasteiger partial charge >= 0.3 is 0 Å². The van der Waals surface area contributed by atoms with Crippen molar-refractivity contribution in [2.75, 3.05) is 31.1 Å². The summed E-state index contributed by atoms with van der Waals surface area (Å²) in [5.41, 5.74) is 5.04. The number of rotatable bonds is 6. The fourth-order valence-electron chi connectivity index (χ4n) is 5.02. The molecule has 0 radical (unpaired) electrons. The molecule has 1 aliphatic rings. The van der Waals surface area contributed by atoms with Crippen molar-refractivity contribution in [3.8, 4) is 0 Å². The van der Waals surface area contributed by atoms with Gasteiger partial charge in [-0.1, -0.05) is 57.5 Å². The van der Waals surface area contributed by atoms with E-state index in [0.29, 0.717) is 18.2 Å². The number of nitrogens with zero attached hydrogens (tertiary/aromatic N) is 4. The lowest BCUT2D eigenvalue weighted by Crippen LogP contribution is -2.36. The van der Waals surface area contributed by atoms with Crippen molar-refractivity contribution in [1.29, 1.82) is 0 Å². The highest BCUT2D eigenvalue weighted by Crippen LogP contribution is 2.28. The van der Waals surface area contributed by atoms with Crippen molar-refractivity contribution in [2.24, 2.45) is 11.3 Å². The van der Waals surface area contributed by atoms with Crippen LogP contribution in [0.5, 0.6) is 0 Å². The average molecular weight is 451 g/mol. The third kappa shape index (κ3) is 7.28. The van der Waals surface area contributed by atoms with Crippen LogP contribution >= 0.6 is 0 Å². The summed E-state index contributed by atoms with van der Waals surface area (Å²) in [4.78, 5) is 27.0. The number of hydrogen-bond acceptors (Lipinski definition) is 4. The molecule has 5 heteroatoms. The highest BCUT2D eigenvalue weighted by atomic mass is 16.2. The molecule has 1 aliphatic heterocycles. The molecule has 180 valence electrons. The molecule has 1 aromatic heterocycles. The smallest absolute Gasteiger partial charge is 0.222 e. The fourth-order valence-corrected chi connectivity index (χ4v) is 5.02. The van der Waals surface area contributed by atoms with Crippen molar-refractivity contribution >= 4 is 11.7 Å². The second-order valence-corrected chi connectivity index (χ2v) is 11.1. The second kappa shape index (κ2) is 10.7. The van der Waals surface area contributed by atoms with Crippen LogP contribution in [0.1, 0.15) is 75.2 Å². The third-order valence-corrected chi connectivity index (χ3v) is 6.44. The Morgan fingerprint density at radius 3 is 2.36 bits per heavy atom. The molecule has 0 saturated carbocycles. The lowest BCUT2D eigenvalue weighted by molar-refractivity contribution is -0.132. The van der Waals surface area contributed by atoms with E-state index >= 15 is 0 Å². The van der Waals surface area contributed by atoms with Gasteiger partial charge in [-0.2, -0.15) is 0 Å². The molecule has 2 aromatic rings. The lowest BCUT2D eigenvalue weighted by atomic mass is 9.84. The van der Waals surface area contributed by atoms with Gasteiger partial charge in [-0.15, -0.1) is 0 Å². The van der Waals surface area contributed by atoms with Crippen LogP contribution in [0.2, 0.25) is 0 Å². The van der Waals surface area contributed by atoms with E-state index in [1.165, 1.54) is 16.7 Å². The summed E-state index contributed by atoms with van der Waals surface area (Å²) in [5.74, 6) is 2.55. The van der Waals surface area contributed by atoms with Gasteiger partial charge in [-0.05, 0) is 50.5 Å². The van der Waals surface area contributed by atoms with Crippen molar-refractivity contribution in [1.82, 2.24) is 14.9 Å². The molecular weight excluding hydrogens is 408 g/mol. The standard InChI is InChI=1S/C28H42N4O/c1-20-9-11-24(12-10-20)18-25-22(3)29-23(4)30-27(25)32-14-8-13-31(15-16-32)26(33)17-21(2)19-28(5,6)7/h9-12,21H,8,13-19H2,1-7H3. The predicted molar refractivity (Wildman–Crippen MR) is 137 cm³/mol. The van der Waals surface area contributed by atoms with Gasteiger partial charge in [-0.3, -0.25) is 4.79 Å². The topological polar surface area (TPSA) is 49.3 Å². The number of carbonyl (C=O) groups excluding carboxylic acids is 1. The zero-order valence-corrected chi connectivity index (χ0v) is 21.7. The molecule has 0 aliphatic carbocycles. The second-order valence-electron chi connectivity index (χ2n) is 11.1. The Morgan fingerprint density at radius 2 is 1.70 bits per heavy atom. The van der Waals surface area contributed by atoms with Gasteiger partial charge in [0.1, 0.15) is 11.6 Å². The number of anilines is 1. The van der Waals surface area contributed by atoms with E-state index in [1.54, 1.807) is 0 Å². The number of aromatic nitrogens is 2. The van der Waals surface area contributed by atoms with Crippen LogP contribution in [0, 0.1) is 32.1 Å². The lowest BCUT2D eigenvalue weighted by Gasteiger charge is -2.27. The normalized spacial score (nSPS) is 16.0. The van der Waals surface area contributed by atoms with E-state index in [1.807, 2.05) is 6.92 Å². The minimum atomic E-state index is 0.256. The first-order valence-corrected chi connectivity index (χ1v) is 12.4. The van der Waals surface area contributed by atoms with Gasteiger partial charge in [0, 0.05) is 50.3 Å². The maximum absolute atomic E-state index is 13.0. The average Bonchev–Trinajstić information content (AvgIpc) is 2.96. The van der Waals surface area contributed by atoms with E-state index in [0.717, 1.165) is 62.8 Å². The summed E-state index contributed by atoms with van der Waals surface area (Å²) in [6.07, 6.45) is 3.50. The van der Waals surface area contributed by atoms with E-state index < -0.39 is 0 Å². The Balaban J connectivity index is 1.72. The number of amides is 1. The highest BCUT2D eigenvalue weighted by Gasteiger charge is 2.25. The summed E-state index contributed by atoms with van der Waals surface area (Å²) in [7, 11) is 0. The van der Waals surface area contributed by atoms with Gasteiger partial charge in [0.15, 0.2) is 0 Å². The fraction of sp³-hybridized carbons (Fsp3) is 0.607. The van der Waals surface area contributed by atoms with Gasteiger partial charge in [0.2, 0.25) is 5.91 Å². The van der Waals surface area contributed by atoms with Gasteiger partial charge in [0.05, 0.1) is 0 Å². The first kappa shape index (κ1) is 25.2. The molecule has 0 spiro atoms. The van der Waals surface area contributed by atoms with Gasteiger partial charge < -0.3 is 9.80 Å². The minimum absolute atomic E-state index is 0.256. The Kier molecular flexibility index (Phi) is 8.14. The first-order valence-electron chi connectivity index (χ1n) is 12.4. The van der Waals surface area contributed by atoms with Crippen molar-refractivity contribution in [2.45, 2.75) is 74.1 Å². The summed E-state index contributed by atoms with van der Waals surface area (Å²) in [6.45, 7) is 18.4. The van der Waals surface area contributed by atoms with Gasteiger partial charge in [0.25, 0.3) is 0 Å². The molecule has 0 N–H and O–H groups in total. The number of aryl methyl sites for hydroxylation is 3. The zero-order valence-electron chi connectivity index (χ0n) is 21.7. The third-order valence-electron chi connectivity index (χ3n) is 6.44. The van der Waals surface area contributed by atoms with Crippen LogP contribution in [0.4, 0.5) is 5.82 Å². The molecule has 1 aromatic carbocycles. The largest absolute Gasteiger partial charge is 0.354 e. The summed E-state index contributed by atoms with van der Waals surface area (Å²) in [6, 6.07) is 8.71.